The third-order valence-corrected chi connectivity index (χ3v) is 5.13. The highest BCUT2D eigenvalue weighted by molar-refractivity contribution is 5.73. The Kier molecular flexibility index (Phi) is 4.59. The van der Waals surface area contributed by atoms with Crippen LogP contribution in [0, 0.1) is 5.92 Å². The van der Waals surface area contributed by atoms with Crippen LogP contribution in [0.2, 0.25) is 0 Å². The van der Waals surface area contributed by atoms with Crippen LogP contribution in [0.4, 0.5) is 0 Å². The van der Waals surface area contributed by atoms with Gasteiger partial charge in [0.1, 0.15) is 0 Å². The Balaban J connectivity index is 1.52. The van der Waals surface area contributed by atoms with Gasteiger partial charge in [0, 0.05) is 26.1 Å². The number of carbonyl (C=O) groups is 1. The molecule has 1 aromatic carbocycles. The van der Waals surface area contributed by atoms with Crippen LogP contribution in [-0.4, -0.2) is 41.4 Å². The van der Waals surface area contributed by atoms with E-state index < -0.39 is 0 Å². The minimum atomic E-state index is 0.268. The summed E-state index contributed by atoms with van der Waals surface area (Å²) in [6.45, 7) is 6.10. The molecule has 3 nitrogen and oxygen atoms in total. The van der Waals surface area contributed by atoms with E-state index in [-0.39, 0.29) is 5.91 Å². The third-order valence-electron chi connectivity index (χ3n) is 5.13. The maximum Gasteiger partial charge on any atom is 0.219 e. The van der Waals surface area contributed by atoms with Gasteiger partial charge in [-0.2, -0.15) is 0 Å². The molecule has 2 saturated heterocycles. The first-order chi connectivity index (χ1) is 10.2. The van der Waals surface area contributed by atoms with Gasteiger partial charge in [0.15, 0.2) is 0 Å². The number of piperidine rings is 1. The second-order valence-electron chi connectivity index (χ2n) is 6.52. The average molecular weight is 286 g/mol. The second kappa shape index (κ2) is 6.61. The quantitative estimate of drug-likeness (QED) is 0.853. The highest BCUT2D eigenvalue weighted by atomic mass is 16.2. The van der Waals surface area contributed by atoms with Crippen LogP contribution >= 0.6 is 0 Å². The highest BCUT2D eigenvalue weighted by Crippen LogP contribution is 2.31. The molecule has 1 aromatic rings. The molecular weight excluding hydrogens is 260 g/mol. The number of likely N-dealkylation sites (tertiary alicyclic amines) is 2. The molecule has 0 saturated carbocycles. The molecule has 3 rings (SSSR count). The van der Waals surface area contributed by atoms with Gasteiger partial charge >= 0.3 is 0 Å². The van der Waals surface area contributed by atoms with Crippen molar-refractivity contribution in [2.45, 2.75) is 45.2 Å². The number of hydrogen-bond acceptors (Lipinski definition) is 2. The lowest BCUT2D eigenvalue weighted by molar-refractivity contribution is -0.130. The van der Waals surface area contributed by atoms with Gasteiger partial charge in [-0.25, -0.2) is 0 Å². The van der Waals surface area contributed by atoms with Crippen molar-refractivity contribution in [2.75, 3.05) is 19.6 Å². The Hall–Kier alpha value is -1.35. The molecule has 2 fully saturated rings. The van der Waals surface area contributed by atoms with Crippen molar-refractivity contribution in [1.82, 2.24) is 9.80 Å². The molecule has 0 aromatic heterocycles. The molecule has 21 heavy (non-hydrogen) atoms. The summed E-state index contributed by atoms with van der Waals surface area (Å²) in [6, 6.07) is 11.2. The number of rotatable bonds is 3. The fourth-order valence-electron chi connectivity index (χ4n) is 4.01. The second-order valence-corrected chi connectivity index (χ2v) is 6.52. The molecule has 2 aliphatic rings. The lowest BCUT2D eigenvalue weighted by Gasteiger charge is -2.38. The molecule has 114 valence electrons. The summed E-state index contributed by atoms with van der Waals surface area (Å²) >= 11 is 0. The van der Waals surface area contributed by atoms with Gasteiger partial charge in [0.25, 0.3) is 0 Å². The molecule has 2 aliphatic heterocycles. The van der Waals surface area contributed by atoms with Crippen LogP contribution in [-0.2, 0) is 11.3 Å². The van der Waals surface area contributed by atoms with E-state index in [0.29, 0.717) is 12.0 Å². The molecule has 2 heterocycles. The van der Waals surface area contributed by atoms with Gasteiger partial charge in [-0.1, -0.05) is 30.3 Å². The van der Waals surface area contributed by atoms with Crippen molar-refractivity contribution in [1.29, 1.82) is 0 Å². The molecule has 0 aliphatic carbocycles. The van der Waals surface area contributed by atoms with E-state index in [1.165, 1.54) is 44.3 Å². The smallest absolute Gasteiger partial charge is 0.219 e. The molecular formula is C18H26N2O. The number of benzene rings is 1. The van der Waals surface area contributed by atoms with E-state index in [1.54, 1.807) is 6.92 Å². The van der Waals surface area contributed by atoms with Crippen molar-refractivity contribution in [2.24, 2.45) is 5.92 Å². The van der Waals surface area contributed by atoms with Gasteiger partial charge in [0.2, 0.25) is 5.91 Å². The molecule has 3 heteroatoms. The van der Waals surface area contributed by atoms with E-state index in [0.717, 1.165) is 13.1 Å². The fourth-order valence-corrected chi connectivity index (χ4v) is 4.01. The van der Waals surface area contributed by atoms with Crippen LogP contribution in [0.25, 0.3) is 0 Å². The van der Waals surface area contributed by atoms with Gasteiger partial charge in [0.05, 0.1) is 0 Å². The van der Waals surface area contributed by atoms with Gasteiger partial charge in [-0.3, -0.25) is 9.69 Å². The Bertz CT molecular complexity index is 465. The Morgan fingerprint density at radius 2 is 1.81 bits per heavy atom. The van der Waals surface area contributed by atoms with Gasteiger partial charge in [-0.15, -0.1) is 0 Å². The van der Waals surface area contributed by atoms with Gasteiger partial charge in [-0.05, 0) is 50.3 Å². The predicted octanol–water partition coefficient (Wildman–Crippen LogP) is 2.91. The summed E-state index contributed by atoms with van der Waals surface area (Å²) < 4.78 is 0. The summed E-state index contributed by atoms with van der Waals surface area (Å²) in [5.74, 6) is 0.979. The maximum absolute atomic E-state index is 11.7. The Morgan fingerprint density at radius 3 is 2.48 bits per heavy atom. The minimum absolute atomic E-state index is 0.268. The zero-order valence-electron chi connectivity index (χ0n) is 13.0. The van der Waals surface area contributed by atoms with E-state index in [4.69, 9.17) is 0 Å². The first-order valence-corrected chi connectivity index (χ1v) is 8.27. The maximum atomic E-state index is 11.7. The SMILES string of the molecule is CC(=O)N1CCC[C@@H]1C1CCN(Cc2ccccc2)CC1. The summed E-state index contributed by atoms with van der Waals surface area (Å²) in [6.07, 6.45) is 4.87. The fraction of sp³-hybridized carbons (Fsp3) is 0.611. The first kappa shape index (κ1) is 14.6. The van der Waals surface area contributed by atoms with Crippen molar-refractivity contribution < 1.29 is 4.79 Å². The van der Waals surface area contributed by atoms with Crippen molar-refractivity contribution in [3.05, 3.63) is 35.9 Å². The molecule has 0 N–H and O–H groups in total. The Morgan fingerprint density at radius 1 is 1.10 bits per heavy atom. The van der Waals surface area contributed by atoms with E-state index >= 15 is 0 Å². The minimum Gasteiger partial charge on any atom is -0.340 e. The van der Waals surface area contributed by atoms with Crippen molar-refractivity contribution in [3.63, 3.8) is 0 Å². The summed E-state index contributed by atoms with van der Waals surface area (Å²) in [5.41, 5.74) is 1.40. The molecule has 0 radical (unpaired) electrons. The van der Waals surface area contributed by atoms with Crippen molar-refractivity contribution >= 4 is 5.91 Å². The number of amides is 1. The molecule has 0 bridgehead atoms. The topological polar surface area (TPSA) is 23.6 Å². The van der Waals surface area contributed by atoms with Crippen LogP contribution in [0.15, 0.2) is 30.3 Å². The van der Waals surface area contributed by atoms with E-state index in [1.807, 2.05) is 0 Å². The lowest BCUT2D eigenvalue weighted by Crippen LogP contribution is -2.44. The molecule has 0 spiro atoms. The molecule has 1 atom stereocenters. The Labute approximate surface area is 127 Å². The number of carbonyl (C=O) groups excluding carboxylic acids is 1. The zero-order valence-corrected chi connectivity index (χ0v) is 13.0. The van der Waals surface area contributed by atoms with Crippen molar-refractivity contribution in [3.8, 4) is 0 Å². The summed E-state index contributed by atoms with van der Waals surface area (Å²) in [7, 11) is 0. The average Bonchev–Trinajstić information content (AvgIpc) is 2.99. The van der Waals surface area contributed by atoms with Crippen LogP contribution in [0.1, 0.15) is 38.2 Å². The number of hydrogen-bond donors (Lipinski definition) is 0. The van der Waals surface area contributed by atoms with Crippen LogP contribution in [0.5, 0.6) is 0 Å². The standard InChI is InChI=1S/C18H26N2O/c1-15(21)20-11-5-8-18(20)17-9-12-19(13-10-17)14-16-6-3-2-4-7-16/h2-4,6-7,17-18H,5,8-14H2,1H3/t18-/m1/s1. The highest BCUT2D eigenvalue weighted by Gasteiger charge is 2.34. The third kappa shape index (κ3) is 3.46. The normalized spacial score (nSPS) is 24.4. The lowest BCUT2D eigenvalue weighted by atomic mass is 9.87. The van der Waals surface area contributed by atoms with Crippen LogP contribution in [0.3, 0.4) is 0 Å². The molecule has 0 unspecified atom stereocenters. The summed E-state index contributed by atoms with van der Waals surface area (Å²) in [4.78, 5) is 16.4. The predicted molar refractivity (Wildman–Crippen MR) is 84.9 cm³/mol. The summed E-state index contributed by atoms with van der Waals surface area (Å²) in [5, 5.41) is 0. The van der Waals surface area contributed by atoms with E-state index in [9.17, 15) is 4.79 Å². The van der Waals surface area contributed by atoms with Crippen LogP contribution < -0.4 is 0 Å². The zero-order chi connectivity index (χ0) is 14.7. The van der Waals surface area contributed by atoms with E-state index in [2.05, 4.69) is 40.1 Å². The number of nitrogens with zero attached hydrogens (tertiary/aromatic N) is 2. The van der Waals surface area contributed by atoms with Gasteiger partial charge < -0.3 is 4.90 Å². The first-order valence-electron chi connectivity index (χ1n) is 8.27. The monoisotopic (exact) mass is 286 g/mol. The largest absolute Gasteiger partial charge is 0.340 e. The molecule has 1 amide bonds.